The maximum atomic E-state index is 4.64. The van der Waals surface area contributed by atoms with Crippen LogP contribution >= 0.6 is 0 Å². The van der Waals surface area contributed by atoms with Crippen LogP contribution in [0.2, 0.25) is 0 Å². The molecule has 0 spiro atoms. The molecule has 6 rings (SSSR count). The number of hydrogen-bond acceptors (Lipinski definition) is 0. The van der Waals surface area contributed by atoms with E-state index in [0.717, 1.165) is 18.3 Å². The quantitative estimate of drug-likeness (QED) is 0.367. The van der Waals surface area contributed by atoms with E-state index in [1.165, 1.54) is 58.5 Å². The summed E-state index contributed by atoms with van der Waals surface area (Å²) in [5, 5.41) is 4.33. The van der Waals surface area contributed by atoms with Crippen molar-refractivity contribution in [2.45, 2.75) is 63.3 Å². The molecule has 3 aromatic rings. The summed E-state index contributed by atoms with van der Waals surface area (Å²) < 4.78 is 2.51. The molecule has 1 saturated carbocycles. The van der Waals surface area contributed by atoms with E-state index >= 15 is 0 Å². The van der Waals surface area contributed by atoms with Gasteiger partial charge in [0.1, 0.15) is 0 Å². The van der Waals surface area contributed by atoms with Gasteiger partial charge in [0.05, 0.1) is 5.39 Å². The first-order chi connectivity index (χ1) is 12.6. The molecule has 1 fully saturated rings. The number of allylic oxidation sites excluding steroid dienone is 1. The molecule has 0 radical (unpaired) electrons. The SMILES string of the molecule is C=C1c2cc3c(c4ccc5ccc[n+](c5c24)C1(C)CC)C1CCCC3C1. The fraction of sp³-hybridized carbons (Fsp3) is 0.400. The third-order valence-corrected chi connectivity index (χ3v) is 7.85. The number of hydrogen-bond donors (Lipinski definition) is 0. The minimum Gasteiger partial charge on any atom is -0.188 e. The first kappa shape index (κ1) is 15.0. The molecule has 0 amide bonds. The van der Waals surface area contributed by atoms with Crippen LogP contribution in [0.1, 0.15) is 74.5 Å². The average Bonchev–Trinajstić information content (AvgIpc) is 2.94. The summed E-state index contributed by atoms with van der Waals surface area (Å²) in [5.41, 5.74) is 7.43. The molecular weight excluding hydrogens is 314 g/mol. The Morgan fingerprint density at radius 2 is 2.04 bits per heavy atom. The van der Waals surface area contributed by atoms with Crippen molar-refractivity contribution >= 4 is 27.2 Å². The second-order valence-electron chi connectivity index (χ2n) is 8.90. The molecule has 0 N–H and O–H groups in total. The van der Waals surface area contributed by atoms with Crippen LogP contribution < -0.4 is 4.57 Å². The molecule has 26 heavy (non-hydrogen) atoms. The third-order valence-electron chi connectivity index (χ3n) is 7.85. The molecule has 2 aromatic carbocycles. The normalized spacial score (nSPS) is 28.9. The highest BCUT2D eigenvalue weighted by atomic mass is 15.1. The van der Waals surface area contributed by atoms with Crippen molar-refractivity contribution in [3.8, 4) is 0 Å². The van der Waals surface area contributed by atoms with Gasteiger partial charge in [-0.15, -0.1) is 0 Å². The van der Waals surface area contributed by atoms with Gasteiger partial charge < -0.3 is 0 Å². The van der Waals surface area contributed by atoms with Crippen molar-refractivity contribution < 1.29 is 4.57 Å². The lowest BCUT2D eigenvalue weighted by Gasteiger charge is -2.32. The minimum absolute atomic E-state index is 0.0390. The van der Waals surface area contributed by atoms with Crippen LogP contribution in [0.3, 0.4) is 0 Å². The Balaban J connectivity index is 1.85. The lowest BCUT2D eigenvalue weighted by Crippen LogP contribution is -2.56. The summed E-state index contributed by atoms with van der Waals surface area (Å²) in [6.07, 6.45) is 8.85. The summed E-state index contributed by atoms with van der Waals surface area (Å²) >= 11 is 0. The van der Waals surface area contributed by atoms with E-state index in [2.05, 4.69) is 61.5 Å². The number of benzene rings is 2. The Kier molecular flexibility index (Phi) is 2.74. The van der Waals surface area contributed by atoms with Gasteiger partial charge in [-0.2, -0.15) is 4.57 Å². The largest absolute Gasteiger partial charge is 0.221 e. The molecule has 3 atom stereocenters. The van der Waals surface area contributed by atoms with E-state index in [1.807, 2.05) is 0 Å². The smallest absolute Gasteiger partial charge is 0.188 e. The molecule has 1 aromatic heterocycles. The topological polar surface area (TPSA) is 3.88 Å². The van der Waals surface area contributed by atoms with Crippen molar-refractivity contribution in [3.05, 3.63) is 59.8 Å². The van der Waals surface area contributed by atoms with E-state index in [9.17, 15) is 0 Å². The lowest BCUT2D eigenvalue weighted by molar-refractivity contribution is -0.722. The number of nitrogens with zero attached hydrogens (tertiary/aromatic N) is 1. The van der Waals surface area contributed by atoms with Gasteiger partial charge in [-0.1, -0.05) is 26.0 Å². The van der Waals surface area contributed by atoms with Crippen LogP contribution in [0, 0.1) is 0 Å². The zero-order valence-electron chi connectivity index (χ0n) is 15.8. The molecule has 3 unspecified atom stereocenters. The lowest BCUT2D eigenvalue weighted by atomic mass is 9.77. The van der Waals surface area contributed by atoms with E-state index in [1.54, 1.807) is 11.1 Å². The van der Waals surface area contributed by atoms with Gasteiger partial charge in [0.25, 0.3) is 0 Å². The Morgan fingerprint density at radius 3 is 2.88 bits per heavy atom. The molecule has 1 nitrogen and oxygen atoms in total. The molecular formula is C25H26N+. The average molecular weight is 340 g/mol. The standard InChI is InChI=1S/C25H26N/c1-4-25(3)15(2)20-14-21-17-7-5-8-18(13-17)22(21)19-11-10-16-9-6-12-26(25)24(16)23(19)20/h6,9-12,14,17-18H,2,4-5,7-8,13H2,1,3H3/q+1. The predicted octanol–water partition coefficient (Wildman–Crippen LogP) is 6.19. The minimum atomic E-state index is -0.0390. The van der Waals surface area contributed by atoms with Gasteiger partial charge >= 0.3 is 0 Å². The van der Waals surface area contributed by atoms with Crippen LogP contribution in [0.15, 0.2) is 43.1 Å². The van der Waals surface area contributed by atoms with E-state index in [4.69, 9.17) is 0 Å². The monoisotopic (exact) mass is 340 g/mol. The van der Waals surface area contributed by atoms with Crippen molar-refractivity contribution in [2.75, 3.05) is 0 Å². The maximum Gasteiger partial charge on any atom is 0.221 e. The fourth-order valence-corrected chi connectivity index (χ4v) is 6.26. The summed E-state index contributed by atoms with van der Waals surface area (Å²) in [7, 11) is 0. The van der Waals surface area contributed by atoms with Gasteiger partial charge in [0, 0.05) is 30.4 Å². The van der Waals surface area contributed by atoms with E-state index in [0.29, 0.717) is 0 Å². The van der Waals surface area contributed by atoms with Crippen LogP contribution in [-0.2, 0) is 5.54 Å². The maximum absolute atomic E-state index is 4.64. The van der Waals surface area contributed by atoms with Gasteiger partial charge in [0.2, 0.25) is 5.52 Å². The summed E-state index contributed by atoms with van der Waals surface area (Å²) in [4.78, 5) is 0. The van der Waals surface area contributed by atoms with Crippen molar-refractivity contribution in [1.29, 1.82) is 0 Å². The highest BCUT2D eigenvalue weighted by Crippen LogP contribution is 2.55. The molecule has 130 valence electrons. The molecule has 2 bridgehead atoms. The third kappa shape index (κ3) is 1.57. The summed E-state index contributed by atoms with van der Waals surface area (Å²) in [6.45, 7) is 9.30. The second-order valence-corrected chi connectivity index (χ2v) is 8.90. The Morgan fingerprint density at radius 1 is 1.19 bits per heavy atom. The van der Waals surface area contributed by atoms with Crippen LogP contribution in [0.5, 0.6) is 0 Å². The fourth-order valence-electron chi connectivity index (χ4n) is 6.26. The van der Waals surface area contributed by atoms with Gasteiger partial charge in [-0.3, -0.25) is 0 Å². The zero-order chi connectivity index (χ0) is 17.6. The Bertz CT molecular complexity index is 1120. The summed E-state index contributed by atoms with van der Waals surface area (Å²) in [5.74, 6) is 1.56. The predicted molar refractivity (Wildman–Crippen MR) is 109 cm³/mol. The molecule has 0 saturated heterocycles. The molecule has 2 heterocycles. The van der Waals surface area contributed by atoms with Crippen LogP contribution in [0.25, 0.3) is 27.2 Å². The van der Waals surface area contributed by atoms with Crippen molar-refractivity contribution in [2.24, 2.45) is 0 Å². The van der Waals surface area contributed by atoms with Crippen LogP contribution in [0.4, 0.5) is 0 Å². The number of fused-ring (bicyclic) bond motifs is 6. The first-order valence-electron chi connectivity index (χ1n) is 10.3. The van der Waals surface area contributed by atoms with Crippen LogP contribution in [-0.4, -0.2) is 0 Å². The number of aromatic nitrogens is 1. The molecule has 3 aliphatic rings. The zero-order valence-corrected chi connectivity index (χ0v) is 15.8. The van der Waals surface area contributed by atoms with Gasteiger partial charge in [-0.25, -0.2) is 0 Å². The highest BCUT2D eigenvalue weighted by molar-refractivity contribution is 6.12. The number of pyridine rings is 1. The molecule has 1 heteroatoms. The van der Waals surface area contributed by atoms with Crippen molar-refractivity contribution in [1.82, 2.24) is 0 Å². The molecule has 1 aliphatic heterocycles. The Labute approximate surface area is 155 Å². The molecule has 2 aliphatic carbocycles. The van der Waals surface area contributed by atoms with E-state index in [-0.39, 0.29) is 5.54 Å². The number of rotatable bonds is 1. The highest BCUT2D eigenvalue weighted by Gasteiger charge is 2.45. The summed E-state index contributed by atoms with van der Waals surface area (Å²) in [6, 6.07) is 11.8. The van der Waals surface area contributed by atoms with E-state index < -0.39 is 0 Å². The Hall–Kier alpha value is -2.15. The first-order valence-corrected chi connectivity index (χ1v) is 10.3. The van der Waals surface area contributed by atoms with Crippen molar-refractivity contribution in [3.63, 3.8) is 0 Å². The van der Waals surface area contributed by atoms with Gasteiger partial charge in [0.15, 0.2) is 11.7 Å². The second kappa shape index (κ2) is 4.76. The van der Waals surface area contributed by atoms with Gasteiger partial charge in [-0.05, 0) is 71.4 Å².